The highest BCUT2D eigenvalue weighted by Gasteiger charge is 2.26. The zero-order chi connectivity index (χ0) is 17.5. The van der Waals surface area contributed by atoms with Gasteiger partial charge < -0.3 is 10.2 Å². The average Bonchev–Trinajstić information content (AvgIpc) is 2.68. The highest BCUT2D eigenvalue weighted by molar-refractivity contribution is 5.92. The first-order chi connectivity index (χ1) is 12.3. The van der Waals surface area contributed by atoms with Gasteiger partial charge in [0.15, 0.2) is 0 Å². The standard InChI is InChI=1S/C22H34N2O/c1-2-3-7-18-8-10-19(11-9-18)22(25)23-20-12-14-21(15-13-20)24-16-5-4-6-17-24/h12-15,18-19H,2-11,16-17H2,1H3,(H,23,25). The Morgan fingerprint density at radius 2 is 1.72 bits per heavy atom. The van der Waals surface area contributed by atoms with E-state index in [1.165, 1.54) is 57.1 Å². The van der Waals surface area contributed by atoms with Crippen LogP contribution < -0.4 is 10.2 Å². The largest absolute Gasteiger partial charge is 0.372 e. The van der Waals surface area contributed by atoms with Gasteiger partial charge in [-0.2, -0.15) is 0 Å². The smallest absolute Gasteiger partial charge is 0.227 e. The van der Waals surface area contributed by atoms with Gasteiger partial charge in [-0.25, -0.2) is 0 Å². The Morgan fingerprint density at radius 1 is 1.04 bits per heavy atom. The van der Waals surface area contributed by atoms with Crippen molar-refractivity contribution in [1.29, 1.82) is 0 Å². The maximum absolute atomic E-state index is 12.6. The number of benzene rings is 1. The topological polar surface area (TPSA) is 32.3 Å². The summed E-state index contributed by atoms with van der Waals surface area (Å²) in [6.45, 7) is 4.58. The third-order valence-electron chi connectivity index (χ3n) is 6.04. The lowest BCUT2D eigenvalue weighted by molar-refractivity contribution is -0.121. The molecular weight excluding hydrogens is 308 g/mol. The van der Waals surface area contributed by atoms with Crippen molar-refractivity contribution < 1.29 is 4.79 Å². The van der Waals surface area contributed by atoms with Gasteiger partial charge in [0.1, 0.15) is 0 Å². The lowest BCUT2D eigenvalue weighted by atomic mass is 9.79. The van der Waals surface area contributed by atoms with Gasteiger partial charge in [-0.1, -0.05) is 26.2 Å². The minimum absolute atomic E-state index is 0.208. The molecule has 1 heterocycles. The molecule has 1 saturated heterocycles. The van der Waals surface area contributed by atoms with Crippen molar-refractivity contribution in [2.75, 3.05) is 23.3 Å². The monoisotopic (exact) mass is 342 g/mol. The van der Waals surface area contributed by atoms with Crippen LogP contribution in [0, 0.1) is 11.8 Å². The average molecular weight is 343 g/mol. The fraction of sp³-hybridized carbons (Fsp3) is 0.682. The Labute approximate surface area is 153 Å². The first kappa shape index (κ1) is 18.3. The van der Waals surface area contributed by atoms with Crippen LogP contribution >= 0.6 is 0 Å². The summed E-state index contributed by atoms with van der Waals surface area (Å²) < 4.78 is 0. The Morgan fingerprint density at radius 3 is 2.36 bits per heavy atom. The quantitative estimate of drug-likeness (QED) is 0.728. The normalized spacial score (nSPS) is 24.1. The molecule has 25 heavy (non-hydrogen) atoms. The highest BCUT2D eigenvalue weighted by atomic mass is 16.1. The van der Waals surface area contributed by atoms with E-state index in [0.29, 0.717) is 0 Å². The van der Waals surface area contributed by atoms with E-state index in [9.17, 15) is 4.79 Å². The number of carbonyl (C=O) groups excluding carboxylic acids is 1. The minimum atomic E-state index is 0.208. The molecule has 2 aliphatic rings. The van der Waals surface area contributed by atoms with Gasteiger partial charge in [-0.05, 0) is 75.1 Å². The zero-order valence-corrected chi connectivity index (χ0v) is 15.8. The first-order valence-corrected chi connectivity index (χ1v) is 10.4. The molecule has 1 aliphatic heterocycles. The van der Waals surface area contributed by atoms with E-state index in [-0.39, 0.29) is 11.8 Å². The molecule has 1 amide bonds. The second kappa shape index (κ2) is 9.26. The number of rotatable bonds is 6. The molecule has 1 saturated carbocycles. The summed E-state index contributed by atoms with van der Waals surface area (Å²) in [5, 5.41) is 3.14. The molecule has 138 valence electrons. The Balaban J connectivity index is 1.46. The predicted octanol–water partition coefficient (Wildman–Crippen LogP) is 5.61. The van der Waals surface area contributed by atoms with E-state index >= 15 is 0 Å². The van der Waals surface area contributed by atoms with Crippen molar-refractivity contribution in [3.8, 4) is 0 Å². The number of nitrogens with one attached hydrogen (secondary N) is 1. The molecule has 0 radical (unpaired) electrons. The molecule has 2 fully saturated rings. The van der Waals surface area contributed by atoms with Gasteiger partial charge in [-0.3, -0.25) is 4.79 Å². The summed E-state index contributed by atoms with van der Waals surface area (Å²) >= 11 is 0. The molecule has 3 nitrogen and oxygen atoms in total. The number of unbranched alkanes of at least 4 members (excludes halogenated alkanes) is 1. The molecule has 1 N–H and O–H groups in total. The Kier molecular flexibility index (Phi) is 6.77. The van der Waals surface area contributed by atoms with Crippen molar-refractivity contribution in [2.45, 2.75) is 71.1 Å². The number of hydrogen-bond acceptors (Lipinski definition) is 2. The van der Waals surface area contributed by atoms with Crippen LogP contribution in [0.2, 0.25) is 0 Å². The van der Waals surface area contributed by atoms with Crippen LogP contribution in [0.3, 0.4) is 0 Å². The maximum Gasteiger partial charge on any atom is 0.227 e. The van der Waals surface area contributed by atoms with Crippen LogP contribution in [0.25, 0.3) is 0 Å². The second-order valence-electron chi connectivity index (χ2n) is 7.94. The molecule has 0 spiro atoms. The lowest BCUT2D eigenvalue weighted by Gasteiger charge is -2.29. The number of nitrogens with zero attached hydrogens (tertiary/aromatic N) is 1. The van der Waals surface area contributed by atoms with Gasteiger partial charge in [0.2, 0.25) is 5.91 Å². The fourth-order valence-corrected chi connectivity index (χ4v) is 4.36. The summed E-state index contributed by atoms with van der Waals surface area (Å²) in [6.07, 6.45) is 12.5. The van der Waals surface area contributed by atoms with Gasteiger partial charge in [-0.15, -0.1) is 0 Å². The van der Waals surface area contributed by atoms with Crippen LogP contribution in [0.4, 0.5) is 11.4 Å². The van der Waals surface area contributed by atoms with Crippen LogP contribution in [-0.2, 0) is 4.79 Å². The number of hydrogen-bond donors (Lipinski definition) is 1. The van der Waals surface area contributed by atoms with Crippen molar-refractivity contribution in [3.63, 3.8) is 0 Å². The van der Waals surface area contributed by atoms with Gasteiger partial charge >= 0.3 is 0 Å². The van der Waals surface area contributed by atoms with Crippen LogP contribution in [0.15, 0.2) is 24.3 Å². The predicted molar refractivity (Wildman–Crippen MR) is 106 cm³/mol. The maximum atomic E-state index is 12.6. The van der Waals surface area contributed by atoms with Crippen molar-refractivity contribution in [3.05, 3.63) is 24.3 Å². The van der Waals surface area contributed by atoms with E-state index in [0.717, 1.165) is 37.5 Å². The van der Waals surface area contributed by atoms with Crippen LogP contribution in [0.1, 0.15) is 71.1 Å². The second-order valence-corrected chi connectivity index (χ2v) is 7.94. The molecule has 1 aromatic carbocycles. The summed E-state index contributed by atoms with van der Waals surface area (Å²) in [6, 6.07) is 8.44. The molecule has 0 unspecified atom stereocenters. The number of anilines is 2. The first-order valence-electron chi connectivity index (χ1n) is 10.4. The van der Waals surface area contributed by atoms with Crippen LogP contribution in [-0.4, -0.2) is 19.0 Å². The van der Waals surface area contributed by atoms with Gasteiger partial charge in [0.05, 0.1) is 0 Å². The summed E-state index contributed by atoms with van der Waals surface area (Å²) in [5.41, 5.74) is 2.23. The van der Waals surface area contributed by atoms with Crippen LogP contribution in [0.5, 0.6) is 0 Å². The number of amides is 1. The van der Waals surface area contributed by atoms with E-state index in [2.05, 4.69) is 41.4 Å². The van der Waals surface area contributed by atoms with Crippen molar-refractivity contribution in [2.24, 2.45) is 11.8 Å². The van der Waals surface area contributed by atoms with Gasteiger partial charge in [0, 0.05) is 30.4 Å². The molecule has 3 rings (SSSR count). The minimum Gasteiger partial charge on any atom is -0.372 e. The summed E-state index contributed by atoms with van der Waals surface area (Å²) in [7, 11) is 0. The van der Waals surface area contributed by atoms with E-state index in [1.807, 2.05) is 0 Å². The third-order valence-corrected chi connectivity index (χ3v) is 6.04. The molecule has 0 bridgehead atoms. The van der Waals surface area contributed by atoms with Gasteiger partial charge in [0.25, 0.3) is 0 Å². The lowest BCUT2D eigenvalue weighted by Crippen LogP contribution is -2.29. The van der Waals surface area contributed by atoms with E-state index in [4.69, 9.17) is 0 Å². The number of carbonyl (C=O) groups is 1. The fourth-order valence-electron chi connectivity index (χ4n) is 4.36. The third kappa shape index (κ3) is 5.23. The SMILES string of the molecule is CCCCC1CCC(C(=O)Nc2ccc(N3CCCCC3)cc2)CC1. The van der Waals surface area contributed by atoms with E-state index in [1.54, 1.807) is 0 Å². The Bertz CT molecular complexity index is 525. The molecule has 1 aliphatic carbocycles. The Hall–Kier alpha value is -1.51. The van der Waals surface area contributed by atoms with E-state index < -0.39 is 0 Å². The molecule has 1 aromatic rings. The van der Waals surface area contributed by atoms with Crippen molar-refractivity contribution in [1.82, 2.24) is 0 Å². The van der Waals surface area contributed by atoms with Crippen molar-refractivity contribution >= 4 is 17.3 Å². The molecule has 0 atom stereocenters. The molecular formula is C22H34N2O. The highest BCUT2D eigenvalue weighted by Crippen LogP contribution is 2.32. The summed E-state index contributed by atoms with van der Waals surface area (Å²) in [5.74, 6) is 1.28. The summed E-state index contributed by atoms with van der Waals surface area (Å²) in [4.78, 5) is 15.0. The zero-order valence-electron chi connectivity index (χ0n) is 15.8. The molecule has 0 aromatic heterocycles. The number of piperidine rings is 1. The molecule has 3 heteroatoms.